The zero-order valence-electron chi connectivity index (χ0n) is 11.8. The Morgan fingerprint density at radius 1 is 1.25 bits per heavy atom. The monoisotopic (exact) mass is 318 g/mol. The molecule has 0 aliphatic rings. The molecule has 3 nitrogen and oxygen atoms in total. The Morgan fingerprint density at radius 3 is 2.60 bits per heavy atom. The molecular weight excluding hydrogens is 299 g/mol. The molecule has 0 heterocycles. The molecule has 0 saturated carbocycles. The molecular formula is C15H20Cl2O3. The lowest BCUT2D eigenvalue weighted by molar-refractivity contribution is -0.151. The Balaban J connectivity index is 2.74. The lowest BCUT2D eigenvalue weighted by Gasteiger charge is -2.18. The van der Waals surface area contributed by atoms with Crippen LogP contribution in [0.3, 0.4) is 0 Å². The molecule has 1 atom stereocenters. The largest absolute Gasteiger partial charge is 0.477 e. The normalized spacial score (nSPS) is 12.0. The molecule has 0 unspecified atom stereocenters. The van der Waals surface area contributed by atoms with E-state index in [-0.39, 0.29) is 5.97 Å². The van der Waals surface area contributed by atoms with Crippen molar-refractivity contribution < 1.29 is 14.3 Å². The second-order valence-corrected chi connectivity index (χ2v) is 5.27. The minimum absolute atomic E-state index is 0.334. The van der Waals surface area contributed by atoms with Gasteiger partial charge in [0.15, 0.2) is 6.10 Å². The van der Waals surface area contributed by atoms with Crippen molar-refractivity contribution in [2.75, 3.05) is 6.61 Å². The van der Waals surface area contributed by atoms with Gasteiger partial charge < -0.3 is 9.47 Å². The Hall–Kier alpha value is -0.930. The van der Waals surface area contributed by atoms with Gasteiger partial charge in [-0.05, 0) is 38.0 Å². The van der Waals surface area contributed by atoms with Crippen LogP contribution in [0.5, 0.6) is 5.75 Å². The third-order valence-electron chi connectivity index (χ3n) is 2.78. The minimum atomic E-state index is -0.625. The quantitative estimate of drug-likeness (QED) is 0.506. The van der Waals surface area contributed by atoms with Gasteiger partial charge in [-0.2, -0.15) is 0 Å². The number of unbranched alkanes of at least 4 members (excludes halogenated alkanes) is 2. The van der Waals surface area contributed by atoms with Crippen LogP contribution in [0.2, 0.25) is 10.0 Å². The van der Waals surface area contributed by atoms with Gasteiger partial charge in [0.25, 0.3) is 0 Å². The second kappa shape index (κ2) is 9.09. The third kappa shape index (κ3) is 5.59. The summed E-state index contributed by atoms with van der Waals surface area (Å²) in [6, 6.07) is 4.93. The van der Waals surface area contributed by atoms with E-state index in [4.69, 9.17) is 32.7 Å². The van der Waals surface area contributed by atoms with Crippen LogP contribution in [0.4, 0.5) is 0 Å². The molecule has 0 aliphatic carbocycles. The van der Waals surface area contributed by atoms with Gasteiger partial charge in [0.2, 0.25) is 0 Å². The molecule has 0 radical (unpaired) electrons. The Labute approximate surface area is 130 Å². The van der Waals surface area contributed by atoms with Gasteiger partial charge in [-0.15, -0.1) is 0 Å². The first-order valence-electron chi connectivity index (χ1n) is 6.86. The molecule has 112 valence electrons. The van der Waals surface area contributed by atoms with E-state index < -0.39 is 6.10 Å². The van der Waals surface area contributed by atoms with Gasteiger partial charge in [0.05, 0.1) is 11.6 Å². The summed E-state index contributed by atoms with van der Waals surface area (Å²) in [6.45, 7) is 4.22. The summed E-state index contributed by atoms with van der Waals surface area (Å²) in [6.07, 6.45) is 3.03. The van der Waals surface area contributed by atoms with E-state index in [0.29, 0.717) is 28.8 Å². The minimum Gasteiger partial charge on any atom is -0.477 e. The summed E-state index contributed by atoms with van der Waals surface area (Å²) in [5, 5.41) is 0.920. The van der Waals surface area contributed by atoms with E-state index in [2.05, 4.69) is 6.92 Å². The fourth-order valence-corrected chi connectivity index (χ4v) is 2.22. The van der Waals surface area contributed by atoms with Crippen molar-refractivity contribution in [2.24, 2.45) is 0 Å². The Kier molecular flexibility index (Phi) is 7.78. The van der Waals surface area contributed by atoms with Gasteiger partial charge in [0.1, 0.15) is 5.75 Å². The highest BCUT2D eigenvalue weighted by molar-refractivity contribution is 6.35. The number of hydrogen-bond donors (Lipinski definition) is 0. The first kappa shape index (κ1) is 17.1. The smallest absolute Gasteiger partial charge is 0.347 e. The van der Waals surface area contributed by atoms with Crippen LogP contribution >= 0.6 is 23.2 Å². The average Bonchev–Trinajstić information content (AvgIpc) is 2.40. The molecule has 0 bridgehead atoms. The van der Waals surface area contributed by atoms with E-state index in [1.54, 1.807) is 25.1 Å². The van der Waals surface area contributed by atoms with E-state index in [9.17, 15) is 4.79 Å². The summed E-state index contributed by atoms with van der Waals surface area (Å²) in [5.41, 5.74) is 0. The van der Waals surface area contributed by atoms with Gasteiger partial charge in [-0.25, -0.2) is 4.79 Å². The van der Waals surface area contributed by atoms with E-state index >= 15 is 0 Å². The highest BCUT2D eigenvalue weighted by atomic mass is 35.5. The zero-order chi connectivity index (χ0) is 15.0. The van der Waals surface area contributed by atoms with Crippen LogP contribution < -0.4 is 4.74 Å². The molecule has 0 aromatic heterocycles. The van der Waals surface area contributed by atoms with Crippen LogP contribution in [-0.4, -0.2) is 18.7 Å². The number of carbonyl (C=O) groups is 1. The van der Waals surface area contributed by atoms with Crippen LogP contribution in [0.15, 0.2) is 18.2 Å². The fourth-order valence-electron chi connectivity index (χ4n) is 1.76. The molecule has 1 aromatic carbocycles. The lowest BCUT2D eigenvalue weighted by atomic mass is 10.1. The van der Waals surface area contributed by atoms with Crippen molar-refractivity contribution in [1.82, 2.24) is 0 Å². The maximum Gasteiger partial charge on any atom is 0.347 e. The number of carbonyl (C=O) groups excluding carboxylic acids is 1. The molecule has 0 fully saturated rings. The molecule has 0 aliphatic heterocycles. The number of esters is 1. The van der Waals surface area contributed by atoms with Crippen molar-refractivity contribution in [1.29, 1.82) is 0 Å². The summed E-state index contributed by atoms with van der Waals surface area (Å²) >= 11 is 11.9. The average molecular weight is 319 g/mol. The zero-order valence-corrected chi connectivity index (χ0v) is 13.3. The van der Waals surface area contributed by atoms with Crippen LogP contribution in [0.1, 0.15) is 39.5 Å². The third-order valence-corrected chi connectivity index (χ3v) is 3.31. The lowest BCUT2D eigenvalue weighted by Crippen LogP contribution is -2.29. The molecule has 20 heavy (non-hydrogen) atoms. The molecule has 0 spiro atoms. The first-order valence-corrected chi connectivity index (χ1v) is 7.62. The van der Waals surface area contributed by atoms with Crippen molar-refractivity contribution >= 4 is 29.2 Å². The van der Waals surface area contributed by atoms with Gasteiger partial charge in [-0.3, -0.25) is 0 Å². The Morgan fingerprint density at radius 2 is 2.00 bits per heavy atom. The van der Waals surface area contributed by atoms with E-state index in [0.717, 1.165) is 19.3 Å². The van der Waals surface area contributed by atoms with Gasteiger partial charge in [0, 0.05) is 5.02 Å². The molecule has 1 aromatic rings. The van der Waals surface area contributed by atoms with Gasteiger partial charge >= 0.3 is 5.97 Å². The number of hydrogen-bond acceptors (Lipinski definition) is 3. The standard InChI is InChI=1S/C15H20Cl2O3/c1-3-5-6-7-14(15(18)19-4-2)20-13-9-8-11(16)10-12(13)17/h8-10,14H,3-7H2,1-2H3/t14-/m0/s1. The number of rotatable bonds is 8. The maximum absolute atomic E-state index is 11.9. The first-order chi connectivity index (χ1) is 9.58. The summed E-state index contributed by atoms with van der Waals surface area (Å²) in [5.74, 6) is 0.0974. The predicted octanol–water partition coefficient (Wildman–Crippen LogP) is 4.88. The molecule has 0 amide bonds. The number of benzene rings is 1. The molecule has 1 rings (SSSR count). The van der Waals surface area contributed by atoms with E-state index in [1.165, 1.54) is 0 Å². The SMILES string of the molecule is CCCCC[C@H](Oc1ccc(Cl)cc1Cl)C(=O)OCC. The Bertz CT molecular complexity index is 435. The van der Waals surface area contributed by atoms with Crippen molar-refractivity contribution in [3.8, 4) is 5.75 Å². The van der Waals surface area contributed by atoms with E-state index in [1.807, 2.05) is 0 Å². The summed E-state index contributed by atoms with van der Waals surface area (Å²) in [4.78, 5) is 11.9. The van der Waals surface area contributed by atoms with Crippen molar-refractivity contribution in [2.45, 2.75) is 45.6 Å². The van der Waals surface area contributed by atoms with Crippen molar-refractivity contribution in [3.63, 3.8) is 0 Å². The fraction of sp³-hybridized carbons (Fsp3) is 0.533. The van der Waals surface area contributed by atoms with Crippen LogP contribution in [0, 0.1) is 0 Å². The van der Waals surface area contributed by atoms with Crippen LogP contribution in [0.25, 0.3) is 0 Å². The topological polar surface area (TPSA) is 35.5 Å². The summed E-state index contributed by atoms with van der Waals surface area (Å²) in [7, 11) is 0. The number of ether oxygens (including phenoxy) is 2. The highest BCUT2D eigenvalue weighted by Crippen LogP contribution is 2.29. The molecule has 5 heteroatoms. The van der Waals surface area contributed by atoms with Crippen molar-refractivity contribution in [3.05, 3.63) is 28.2 Å². The second-order valence-electron chi connectivity index (χ2n) is 4.43. The number of halogens is 2. The molecule has 0 saturated heterocycles. The maximum atomic E-state index is 11.9. The highest BCUT2D eigenvalue weighted by Gasteiger charge is 2.22. The predicted molar refractivity (Wildman–Crippen MR) is 81.7 cm³/mol. The summed E-state index contributed by atoms with van der Waals surface area (Å²) < 4.78 is 10.7. The van der Waals surface area contributed by atoms with Gasteiger partial charge in [-0.1, -0.05) is 43.0 Å². The molecule has 0 N–H and O–H groups in total. The van der Waals surface area contributed by atoms with Crippen LogP contribution in [-0.2, 0) is 9.53 Å².